The Morgan fingerprint density at radius 3 is 2.29 bits per heavy atom. The van der Waals surface area contributed by atoms with Gasteiger partial charge in [0.05, 0.1) is 16.7 Å². The van der Waals surface area contributed by atoms with Gasteiger partial charge in [0, 0.05) is 24.6 Å². The minimum Gasteiger partial charge on any atom is -0.355 e. The standard InChI is InChI=1S/C26H30F3N3O2/c1-32-14-10-19(11-15-32)23(33)16-25(12-13-25)24(34)30-17-18-6-8-20(9-7-18)31-22-5-3-2-4-21(22)26(27,28)29/h2-9,19,31H,10-17H2,1H3,(H,30,34). The van der Waals surface area contributed by atoms with Gasteiger partial charge < -0.3 is 15.5 Å². The molecule has 1 saturated heterocycles. The number of ketones is 1. The second-order valence-electron chi connectivity index (χ2n) is 9.55. The number of piperidine rings is 1. The van der Waals surface area contributed by atoms with Gasteiger partial charge in [-0.15, -0.1) is 0 Å². The molecule has 1 aliphatic carbocycles. The third-order valence-electron chi connectivity index (χ3n) is 6.94. The highest BCUT2D eigenvalue weighted by molar-refractivity contribution is 5.92. The number of alkyl halides is 3. The van der Waals surface area contributed by atoms with E-state index in [1.54, 1.807) is 30.3 Å². The molecular weight excluding hydrogens is 443 g/mol. The molecule has 182 valence electrons. The summed E-state index contributed by atoms with van der Waals surface area (Å²) in [5, 5.41) is 5.76. The molecule has 1 amide bonds. The van der Waals surface area contributed by atoms with Crippen LogP contribution in [0.1, 0.15) is 43.2 Å². The monoisotopic (exact) mass is 473 g/mol. The zero-order valence-corrected chi connectivity index (χ0v) is 19.3. The van der Waals surface area contributed by atoms with Gasteiger partial charge in [-0.3, -0.25) is 9.59 Å². The molecule has 0 atom stereocenters. The Balaban J connectivity index is 1.30. The lowest BCUT2D eigenvalue weighted by atomic mass is 9.86. The number of hydrogen-bond acceptors (Lipinski definition) is 4. The Kier molecular flexibility index (Phi) is 6.98. The number of Topliss-reactive ketones (excluding diaryl/α,β-unsaturated/α-hetero) is 1. The Bertz CT molecular complexity index is 1020. The Hall–Kier alpha value is -2.87. The first-order valence-electron chi connectivity index (χ1n) is 11.7. The summed E-state index contributed by atoms with van der Waals surface area (Å²) in [5.41, 5.74) is 0.0509. The summed E-state index contributed by atoms with van der Waals surface area (Å²) in [7, 11) is 2.06. The van der Waals surface area contributed by atoms with E-state index < -0.39 is 17.2 Å². The zero-order chi connectivity index (χ0) is 24.3. The molecule has 2 aromatic rings. The minimum atomic E-state index is -4.44. The van der Waals surface area contributed by atoms with E-state index in [4.69, 9.17) is 0 Å². The van der Waals surface area contributed by atoms with Crippen molar-refractivity contribution < 1.29 is 22.8 Å². The summed E-state index contributed by atoms with van der Waals surface area (Å²) in [6.45, 7) is 2.15. The number of hydrogen-bond donors (Lipinski definition) is 2. The molecule has 1 saturated carbocycles. The number of rotatable bonds is 8. The Morgan fingerprint density at radius 2 is 1.68 bits per heavy atom. The molecule has 5 nitrogen and oxygen atoms in total. The first-order valence-corrected chi connectivity index (χ1v) is 11.7. The Morgan fingerprint density at radius 1 is 1.03 bits per heavy atom. The van der Waals surface area contributed by atoms with Crippen LogP contribution in [0.2, 0.25) is 0 Å². The van der Waals surface area contributed by atoms with Crippen molar-refractivity contribution in [2.24, 2.45) is 11.3 Å². The maximum Gasteiger partial charge on any atom is 0.418 e. The number of para-hydroxylation sites is 1. The first-order chi connectivity index (χ1) is 16.2. The number of benzene rings is 2. The predicted molar refractivity (Wildman–Crippen MR) is 125 cm³/mol. The average Bonchev–Trinajstić information content (AvgIpc) is 3.59. The molecule has 0 bridgehead atoms. The lowest BCUT2D eigenvalue weighted by molar-refractivity contribution is -0.137. The van der Waals surface area contributed by atoms with Crippen molar-refractivity contribution in [3.05, 3.63) is 59.7 Å². The first kappa shape index (κ1) is 24.3. The normalized spacial score (nSPS) is 18.4. The molecule has 4 rings (SSSR count). The van der Waals surface area contributed by atoms with Gasteiger partial charge in [-0.05, 0) is 75.6 Å². The number of anilines is 2. The highest BCUT2D eigenvalue weighted by Crippen LogP contribution is 2.50. The van der Waals surface area contributed by atoms with Gasteiger partial charge in [-0.2, -0.15) is 13.2 Å². The summed E-state index contributed by atoms with van der Waals surface area (Å²) in [6, 6.07) is 12.2. The molecule has 2 aliphatic rings. The molecule has 0 spiro atoms. The van der Waals surface area contributed by atoms with Crippen molar-refractivity contribution in [2.45, 2.75) is 44.8 Å². The third-order valence-corrected chi connectivity index (χ3v) is 6.94. The lowest BCUT2D eigenvalue weighted by Gasteiger charge is -2.28. The van der Waals surface area contributed by atoms with E-state index in [0.29, 0.717) is 18.7 Å². The van der Waals surface area contributed by atoms with Crippen LogP contribution >= 0.6 is 0 Å². The van der Waals surface area contributed by atoms with Crippen molar-refractivity contribution in [3.63, 3.8) is 0 Å². The maximum atomic E-state index is 13.2. The van der Waals surface area contributed by atoms with E-state index in [0.717, 1.165) is 50.4 Å². The number of likely N-dealkylation sites (tertiary alicyclic amines) is 1. The fraction of sp³-hybridized carbons (Fsp3) is 0.462. The highest BCUT2D eigenvalue weighted by Gasteiger charge is 2.51. The summed E-state index contributed by atoms with van der Waals surface area (Å²) in [4.78, 5) is 27.8. The van der Waals surface area contributed by atoms with Gasteiger partial charge in [-0.1, -0.05) is 24.3 Å². The molecule has 0 aromatic heterocycles. The summed E-state index contributed by atoms with van der Waals surface area (Å²) in [5.74, 6) is 0.175. The van der Waals surface area contributed by atoms with Gasteiger partial charge in [0.2, 0.25) is 5.91 Å². The molecule has 2 N–H and O–H groups in total. The van der Waals surface area contributed by atoms with Crippen molar-refractivity contribution in [2.75, 3.05) is 25.5 Å². The van der Waals surface area contributed by atoms with E-state index in [1.807, 2.05) is 0 Å². The topological polar surface area (TPSA) is 61.4 Å². The quantitative estimate of drug-likeness (QED) is 0.557. The van der Waals surface area contributed by atoms with Crippen LogP contribution in [0.15, 0.2) is 48.5 Å². The van der Waals surface area contributed by atoms with E-state index in [-0.39, 0.29) is 23.3 Å². The van der Waals surface area contributed by atoms with Gasteiger partial charge >= 0.3 is 6.18 Å². The number of halogens is 3. The van der Waals surface area contributed by atoms with Crippen LogP contribution in [0.4, 0.5) is 24.5 Å². The van der Waals surface area contributed by atoms with Crippen LogP contribution in [-0.2, 0) is 22.3 Å². The number of nitrogens with zero attached hydrogens (tertiary/aromatic N) is 1. The molecule has 34 heavy (non-hydrogen) atoms. The third kappa shape index (κ3) is 5.78. The predicted octanol–water partition coefficient (Wildman–Crippen LogP) is 5.15. The Labute approximate surface area is 197 Å². The lowest BCUT2D eigenvalue weighted by Crippen LogP contribution is -2.37. The van der Waals surface area contributed by atoms with E-state index in [1.165, 1.54) is 12.1 Å². The van der Waals surface area contributed by atoms with Crippen LogP contribution in [0.25, 0.3) is 0 Å². The summed E-state index contributed by atoms with van der Waals surface area (Å²) >= 11 is 0. The molecule has 2 fully saturated rings. The van der Waals surface area contributed by atoms with Crippen molar-refractivity contribution in [1.29, 1.82) is 0 Å². The van der Waals surface area contributed by atoms with Crippen LogP contribution in [0.5, 0.6) is 0 Å². The number of nitrogens with one attached hydrogen (secondary N) is 2. The number of amides is 1. The highest BCUT2D eigenvalue weighted by atomic mass is 19.4. The van der Waals surface area contributed by atoms with Crippen molar-refractivity contribution >= 4 is 23.1 Å². The number of carbonyl (C=O) groups is 2. The van der Waals surface area contributed by atoms with Gasteiger partial charge in [0.25, 0.3) is 0 Å². The minimum absolute atomic E-state index is 0.0130. The van der Waals surface area contributed by atoms with E-state index in [9.17, 15) is 22.8 Å². The van der Waals surface area contributed by atoms with Crippen LogP contribution in [0, 0.1) is 11.3 Å². The van der Waals surface area contributed by atoms with Crippen molar-refractivity contribution in [3.8, 4) is 0 Å². The van der Waals surface area contributed by atoms with Gasteiger partial charge in [0.1, 0.15) is 5.78 Å². The van der Waals surface area contributed by atoms with E-state index >= 15 is 0 Å². The second-order valence-corrected chi connectivity index (χ2v) is 9.55. The second kappa shape index (κ2) is 9.78. The molecule has 1 aliphatic heterocycles. The average molecular weight is 474 g/mol. The zero-order valence-electron chi connectivity index (χ0n) is 19.3. The van der Waals surface area contributed by atoms with Crippen LogP contribution < -0.4 is 10.6 Å². The molecular formula is C26H30F3N3O2. The smallest absolute Gasteiger partial charge is 0.355 e. The van der Waals surface area contributed by atoms with Crippen molar-refractivity contribution in [1.82, 2.24) is 10.2 Å². The number of carbonyl (C=O) groups excluding carboxylic acids is 2. The molecule has 2 aromatic carbocycles. The van der Waals surface area contributed by atoms with Gasteiger partial charge in [0.15, 0.2) is 0 Å². The maximum absolute atomic E-state index is 13.2. The van der Waals surface area contributed by atoms with Crippen LogP contribution in [0.3, 0.4) is 0 Å². The van der Waals surface area contributed by atoms with Gasteiger partial charge in [-0.25, -0.2) is 0 Å². The largest absolute Gasteiger partial charge is 0.418 e. The molecule has 0 radical (unpaired) electrons. The molecule has 8 heteroatoms. The fourth-order valence-corrected chi connectivity index (χ4v) is 4.51. The fourth-order valence-electron chi connectivity index (χ4n) is 4.51. The summed E-state index contributed by atoms with van der Waals surface area (Å²) < 4.78 is 39.6. The van der Waals surface area contributed by atoms with Crippen LogP contribution in [-0.4, -0.2) is 36.7 Å². The SMILES string of the molecule is CN1CCC(C(=O)CC2(C(=O)NCc3ccc(Nc4ccccc4C(F)(F)F)cc3)CC2)CC1. The summed E-state index contributed by atoms with van der Waals surface area (Å²) in [6.07, 6.45) is -0.935. The van der Waals surface area contributed by atoms with E-state index in [2.05, 4.69) is 22.6 Å². The molecule has 0 unspecified atom stereocenters. The molecule has 1 heterocycles.